The number of benzene rings is 1. The van der Waals surface area contributed by atoms with Crippen molar-refractivity contribution in [2.24, 2.45) is 0 Å². The molecule has 21 heavy (non-hydrogen) atoms. The van der Waals surface area contributed by atoms with E-state index in [1.807, 2.05) is 12.1 Å². The molecule has 0 amide bonds. The highest BCUT2D eigenvalue weighted by atomic mass is 16.6. The molecular weight excluding hydrogens is 268 g/mol. The molecule has 1 heterocycles. The van der Waals surface area contributed by atoms with Gasteiger partial charge in [-0.1, -0.05) is 13.0 Å². The van der Waals surface area contributed by atoms with E-state index in [0.717, 1.165) is 38.2 Å². The lowest BCUT2D eigenvalue weighted by molar-refractivity contribution is -0.383. The van der Waals surface area contributed by atoms with Gasteiger partial charge in [0.25, 0.3) is 0 Å². The lowest BCUT2D eigenvalue weighted by atomic mass is 10.1. The molecule has 6 nitrogen and oxygen atoms in total. The van der Waals surface area contributed by atoms with Gasteiger partial charge in [-0.3, -0.25) is 10.1 Å². The van der Waals surface area contributed by atoms with Gasteiger partial charge in [0.05, 0.1) is 4.92 Å². The predicted molar refractivity (Wildman–Crippen MR) is 86.2 cm³/mol. The van der Waals surface area contributed by atoms with Crippen LogP contribution in [-0.2, 0) is 0 Å². The van der Waals surface area contributed by atoms with Crippen molar-refractivity contribution < 1.29 is 4.92 Å². The van der Waals surface area contributed by atoms with E-state index in [2.05, 4.69) is 29.1 Å². The monoisotopic (exact) mass is 292 g/mol. The van der Waals surface area contributed by atoms with Crippen molar-refractivity contribution in [3.05, 3.63) is 28.3 Å². The Morgan fingerprint density at radius 2 is 2.19 bits per heavy atom. The van der Waals surface area contributed by atoms with Gasteiger partial charge in [-0.25, -0.2) is 0 Å². The fourth-order valence-corrected chi connectivity index (χ4v) is 3.07. The molecule has 116 valence electrons. The molecule has 1 fully saturated rings. The zero-order chi connectivity index (χ0) is 15.4. The van der Waals surface area contributed by atoms with Gasteiger partial charge in [0.1, 0.15) is 11.4 Å². The van der Waals surface area contributed by atoms with Gasteiger partial charge in [0.2, 0.25) is 0 Å². The van der Waals surface area contributed by atoms with Crippen LogP contribution in [-0.4, -0.2) is 49.6 Å². The number of rotatable bonds is 4. The molecule has 1 aromatic rings. The molecule has 0 spiro atoms. The van der Waals surface area contributed by atoms with E-state index in [9.17, 15) is 10.1 Å². The van der Waals surface area contributed by atoms with Crippen LogP contribution in [0.4, 0.5) is 17.1 Å². The van der Waals surface area contributed by atoms with Crippen molar-refractivity contribution in [1.82, 2.24) is 4.90 Å². The number of anilines is 2. The molecule has 1 unspecified atom stereocenters. The number of nitro groups is 1. The van der Waals surface area contributed by atoms with Crippen LogP contribution in [0.5, 0.6) is 0 Å². The highest BCUT2D eigenvalue weighted by molar-refractivity contribution is 5.77. The lowest BCUT2D eigenvalue weighted by Gasteiger charge is -2.32. The predicted octanol–water partition coefficient (Wildman–Crippen LogP) is 2.56. The average molecular weight is 292 g/mol. The fraction of sp³-hybridized carbons (Fsp3) is 0.600. The van der Waals surface area contributed by atoms with Crippen LogP contribution in [0.3, 0.4) is 0 Å². The molecule has 1 N–H and O–H groups in total. The second kappa shape index (κ2) is 6.76. The van der Waals surface area contributed by atoms with Crippen LogP contribution in [0, 0.1) is 10.1 Å². The minimum Gasteiger partial charge on any atom is -0.382 e. The van der Waals surface area contributed by atoms with Gasteiger partial charge in [-0.15, -0.1) is 0 Å². The molecule has 2 rings (SSSR count). The second-order valence-electron chi connectivity index (χ2n) is 5.55. The Balaban J connectivity index is 2.45. The number of hydrogen-bond acceptors (Lipinski definition) is 5. The molecule has 0 aromatic heterocycles. The van der Waals surface area contributed by atoms with Crippen molar-refractivity contribution >= 4 is 17.1 Å². The smallest absolute Gasteiger partial charge is 0.315 e. The molecule has 0 radical (unpaired) electrons. The van der Waals surface area contributed by atoms with Gasteiger partial charge < -0.3 is 15.1 Å². The van der Waals surface area contributed by atoms with E-state index in [4.69, 9.17) is 0 Å². The highest BCUT2D eigenvalue weighted by Crippen LogP contribution is 2.37. The molecule has 1 aliphatic heterocycles. The van der Waals surface area contributed by atoms with Gasteiger partial charge >= 0.3 is 5.69 Å². The fourth-order valence-electron chi connectivity index (χ4n) is 3.07. The van der Waals surface area contributed by atoms with Gasteiger partial charge in [0, 0.05) is 26.2 Å². The molecule has 1 atom stereocenters. The first kappa shape index (κ1) is 15.6. The molecular formula is C15H24N4O2. The van der Waals surface area contributed by atoms with Crippen molar-refractivity contribution in [3.8, 4) is 0 Å². The minimum atomic E-state index is -0.275. The summed E-state index contributed by atoms with van der Waals surface area (Å²) in [5.74, 6) is 0. The normalized spacial score (nSPS) is 20.1. The Morgan fingerprint density at radius 1 is 1.43 bits per heavy atom. The van der Waals surface area contributed by atoms with Crippen LogP contribution in [0.1, 0.15) is 19.8 Å². The maximum Gasteiger partial charge on any atom is 0.315 e. The Morgan fingerprint density at radius 3 is 2.81 bits per heavy atom. The molecule has 1 saturated heterocycles. The van der Waals surface area contributed by atoms with Gasteiger partial charge in [-0.2, -0.15) is 0 Å². The lowest BCUT2D eigenvalue weighted by Crippen LogP contribution is -2.40. The summed E-state index contributed by atoms with van der Waals surface area (Å²) in [7, 11) is 3.84. The van der Waals surface area contributed by atoms with E-state index in [-0.39, 0.29) is 10.6 Å². The maximum atomic E-state index is 11.5. The molecule has 0 saturated carbocycles. The Bertz CT molecular complexity index is 506. The first-order valence-electron chi connectivity index (χ1n) is 7.48. The standard InChI is InChI=1S/C15H24N4O2/c1-4-12-11-17(3)9-6-10-18(12)14-8-5-7-13(16-2)15(14)19(20)21/h5,7-8,12,16H,4,6,9-11H2,1-3H3. The first-order chi connectivity index (χ1) is 10.1. The van der Waals surface area contributed by atoms with Crippen molar-refractivity contribution in [2.45, 2.75) is 25.8 Å². The van der Waals surface area contributed by atoms with Crippen molar-refractivity contribution in [3.63, 3.8) is 0 Å². The zero-order valence-corrected chi connectivity index (χ0v) is 13.0. The summed E-state index contributed by atoms with van der Waals surface area (Å²) in [4.78, 5) is 15.8. The molecule has 1 aliphatic rings. The number of likely N-dealkylation sites (N-methyl/N-ethyl adjacent to an activating group) is 1. The summed E-state index contributed by atoms with van der Waals surface area (Å²) in [6, 6.07) is 5.82. The van der Waals surface area contributed by atoms with Gasteiger partial charge in [-0.05, 0) is 38.6 Å². The number of hydrogen-bond donors (Lipinski definition) is 1. The molecule has 0 aliphatic carbocycles. The summed E-state index contributed by atoms with van der Waals surface area (Å²) >= 11 is 0. The van der Waals surface area contributed by atoms with E-state index >= 15 is 0 Å². The molecule has 1 aromatic carbocycles. The number of nitrogens with zero attached hydrogens (tertiary/aromatic N) is 3. The topological polar surface area (TPSA) is 61.6 Å². The minimum absolute atomic E-state index is 0.183. The summed E-state index contributed by atoms with van der Waals surface area (Å²) in [6.45, 7) is 4.98. The number of nitro benzene ring substituents is 1. The van der Waals surface area contributed by atoms with E-state index in [1.54, 1.807) is 13.1 Å². The second-order valence-corrected chi connectivity index (χ2v) is 5.55. The average Bonchev–Trinajstić information content (AvgIpc) is 2.67. The molecule has 0 bridgehead atoms. The van der Waals surface area contributed by atoms with Crippen LogP contribution in [0.25, 0.3) is 0 Å². The van der Waals surface area contributed by atoms with Crippen LogP contribution < -0.4 is 10.2 Å². The summed E-state index contributed by atoms with van der Waals surface area (Å²) in [5.41, 5.74) is 1.49. The maximum absolute atomic E-state index is 11.5. The highest BCUT2D eigenvalue weighted by Gasteiger charge is 2.29. The van der Waals surface area contributed by atoms with Crippen LogP contribution in [0.2, 0.25) is 0 Å². The largest absolute Gasteiger partial charge is 0.382 e. The van der Waals surface area contributed by atoms with Crippen molar-refractivity contribution in [2.75, 3.05) is 43.9 Å². The van der Waals surface area contributed by atoms with E-state index in [1.165, 1.54) is 0 Å². The zero-order valence-electron chi connectivity index (χ0n) is 13.0. The summed E-state index contributed by atoms with van der Waals surface area (Å²) in [6.07, 6.45) is 2.00. The third kappa shape index (κ3) is 3.26. The third-order valence-electron chi connectivity index (χ3n) is 4.15. The van der Waals surface area contributed by atoms with E-state index in [0.29, 0.717) is 11.7 Å². The Labute approximate surface area is 125 Å². The Hall–Kier alpha value is -1.82. The van der Waals surface area contributed by atoms with Gasteiger partial charge in [0.15, 0.2) is 0 Å². The SMILES string of the molecule is CCC1CN(C)CCCN1c1cccc(NC)c1[N+](=O)[O-]. The third-order valence-corrected chi connectivity index (χ3v) is 4.15. The number of para-hydroxylation sites is 1. The summed E-state index contributed by atoms with van der Waals surface area (Å²) in [5, 5.41) is 14.5. The number of nitrogens with one attached hydrogen (secondary N) is 1. The van der Waals surface area contributed by atoms with Crippen LogP contribution in [0.15, 0.2) is 18.2 Å². The summed E-state index contributed by atoms with van der Waals surface area (Å²) < 4.78 is 0. The molecule has 6 heteroatoms. The van der Waals surface area contributed by atoms with Crippen LogP contribution >= 0.6 is 0 Å². The van der Waals surface area contributed by atoms with Crippen molar-refractivity contribution in [1.29, 1.82) is 0 Å². The first-order valence-corrected chi connectivity index (χ1v) is 7.48. The quantitative estimate of drug-likeness (QED) is 0.682. The van der Waals surface area contributed by atoms with E-state index < -0.39 is 0 Å². The Kier molecular flexibility index (Phi) is 5.01.